The van der Waals surface area contributed by atoms with E-state index in [1.165, 1.54) is 24.5 Å². The molecule has 33 heavy (non-hydrogen) atoms. The maximum Gasteiger partial charge on any atom is 0.246 e. The summed E-state index contributed by atoms with van der Waals surface area (Å²) in [6.45, 7) is 2.19. The first-order valence-corrected chi connectivity index (χ1v) is 11.9. The smallest absolute Gasteiger partial charge is 0.246 e. The number of rotatable bonds is 8. The number of ether oxygens (including phenoxy) is 1. The van der Waals surface area contributed by atoms with Crippen molar-refractivity contribution in [2.24, 2.45) is 0 Å². The Bertz CT molecular complexity index is 1180. The highest BCUT2D eigenvalue weighted by atomic mass is 32.2. The van der Waals surface area contributed by atoms with Gasteiger partial charge in [0.1, 0.15) is 16.5 Å². The van der Waals surface area contributed by atoms with Gasteiger partial charge in [0.05, 0.1) is 32.6 Å². The molecular weight excluding hydrogens is 449 g/mol. The van der Waals surface area contributed by atoms with Crippen LogP contribution in [0.3, 0.4) is 0 Å². The van der Waals surface area contributed by atoms with Crippen molar-refractivity contribution in [3.63, 3.8) is 0 Å². The van der Waals surface area contributed by atoms with Gasteiger partial charge in [-0.15, -0.1) is 0 Å². The van der Waals surface area contributed by atoms with Gasteiger partial charge in [0.25, 0.3) is 0 Å². The van der Waals surface area contributed by atoms with Crippen LogP contribution < -0.4 is 10.2 Å². The van der Waals surface area contributed by atoms with E-state index in [-0.39, 0.29) is 6.54 Å². The standard InChI is InChI=1S/C23H24FN3O5S/c24-21-5-1-2-6-22(21)33(29,30)27(16-20-4-3-13-32-20)17-23(28)25-18-7-9-19(10-8-18)26-11-14-31-15-12-26/h1-10,13H,11-12,14-17H2,(H,25,28). The fraction of sp³-hybridized carbons (Fsp3) is 0.261. The molecule has 0 aliphatic carbocycles. The number of carbonyl (C=O) groups excluding carboxylic acids is 1. The predicted molar refractivity (Wildman–Crippen MR) is 121 cm³/mol. The third kappa shape index (κ3) is 5.59. The molecule has 0 saturated carbocycles. The lowest BCUT2D eigenvalue weighted by atomic mass is 10.2. The van der Waals surface area contributed by atoms with Crippen molar-refractivity contribution in [2.75, 3.05) is 43.1 Å². The van der Waals surface area contributed by atoms with Crippen molar-refractivity contribution in [2.45, 2.75) is 11.4 Å². The quantitative estimate of drug-likeness (QED) is 0.541. The van der Waals surface area contributed by atoms with Gasteiger partial charge >= 0.3 is 0 Å². The molecule has 10 heteroatoms. The second-order valence-corrected chi connectivity index (χ2v) is 9.38. The van der Waals surface area contributed by atoms with Crippen LogP contribution in [0.1, 0.15) is 5.76 Å². The summed E-state index contributed by atoms with van der Waals surface area (Å²) in [5, 5.41) is 2.71. The molecule has 0 unspecified atom stereocenters. The Morgan fingerprint density at radius 2 is 1.76 bits per heavy atom. The second-order valence-electron chi connectivity index (χ2n) is 7.48. The number of hydrogen-bond donors (Lipinski definition) is 1. The molecule has 0 radical (unpaired) electrons. The van der Waals surface area contributed by atoms with Crippen molar-refractivity contribution < 1.29 is 26.8 Å². The molecule has 0 atom stereocenters. The number of benzene rings is 2. The van der Waals surface area contributed by atoms with Crippen molar-refractivity contribution in [3.8, 4) is 0 Å². The predicted octanol–water partition coefficient (Wildman–Crippen LogP) is 3.08. The van der Waals surface area contributed by atoms with Crippen LogP contribution in [0.15, 0.2) is 76.2 Å². The Morgan fingerprint density at radius 1 is 1.03 bits per heavy atom. The molecule has 8 nitrogen and oxygen atoms in total. The first-order valence-electron chi connectivity index (χ1n) is 10.4. The Balaban J connectivity index is 1.49. The summed E-state index contributed by atoms with van der Waals surface area (Å²) in [5.74, 6) is -1.11. The molecular formula is C23H24FN3O5S. The lowest BCUT2D eigenvalue weighted by molar-refractivity contribution is -0.116. The first kappa shape index (κ1) is 23.0. The minimum absolute atomic E-state index is 0.215. The Hall–Kier alpha value is -3.21. The summed E-state index contributed by atoms with van der Waals surface area (Å²) in [4.78, 5) is 14.4. The van der Waals surface area contributed by atoms with E-state index in [0.29, 0.717) is 24.7 Å². The maximum atomic E-state index is 14.3. The fourth-order valence-corrected chi connectivity index (χ4v) is 4.96. The summed E-state index contributed by atoms with van der Waals surface area (Å²) in [5.41, 5.74) is 1.54. The van der Waals surface area contributed by atoms with Crippen LogP contribution >= 0.6 is 0 Å². The maximum absolute atomic E-state index is 14.3. The molecule has 4 rings (SSSR count). The number of nitrogens with one attached hydrogen (secondary N) is 1. The fourth-order valence-electron chi connectivity index (χ4n) is 3.53. The zero-order valence-corrected chi connectivity index (χ0v) is 18.6. The van der Waals surface area contributed by atoms with Gasteiger partial charge in [-0.2, -0.15) is 4.31 Å². The van der Waals surface area contributed by atoms with E-state index in [2.05, 4.69) is 10.2 Å². The number of nitrogens with zero attached hydrogens (tertiary/aromatic N) is 2. The van der Waals surface area contributed by atoms with Crippen LogP contribution in [0.5, 0.6) is 0 Å². The van der Waals surface area contributed by atoms with E-state index in [9.17, 15) is 17.6 Å². The summed E-state index contributed by atoms with van der Waals surface area (Å²) in [6.07, 6.45) is 1.40. The molecule has 1 aliphatic rings. The van der Waals surface area contributed by atoms with E-state index in [4.69, 9.17) is 9.15 Å². The molecule has 1 aromatic heterocycles. The molecule has 1 N–H and O–H groups in total. The van der Waals surface area contributed by atoms with E-state index in [1.54, 1.807) is 24.3 Å². The summed E-state index contributed by atoms with van der Waals surface area (Å²) in [6, 6.07) is 15.5. The average molecular weight is 474 g/mol. The van der Waals surface area contributed by atoms with E-state index < -0.39 is 33.2 Å². The van der Waals surface area contributed by atoms with Gasteiger partial charge < -0.3 is 19.4 Å². The van der Waals surface area contributed by atoms with Crippen LogP contribution in [0.25, 0.3) is 0 Å². The van der Waals surface area contributed by atoms with Gasteiger partial charge in [0.2, 0.25) is 15.9 Å². The molecule has 2 heterocycles. The largest absolute Gasteiger partial charge is 0.468 e. The molecule has 0 bridgehead atoms. The number of amides is 1. The Labute approximate surface area is 191 Å². The zero-order chi connectivity index (χ0) is 23.3. The summed E-state index contributed by atoms with van der Waals surface area (Å²) in [7, 11) is -4.30. The Kier molecular flexibility index (Phi) is 7.07. The molecule has 1 saturated heterocycles. The van der Waals surface area contributed by atoms with Crippen molar-refractivity contribution in [3.05, 3.63) is 78.5 Å². The second kappa shape index (κ2) is 10.2. The lowest BCUT2D eigenvalue weighted by Crippen LogP contribution is -2.38. The Morgan fingerprint density at radius 3 is 2.42 bits per heavy atom. The van der Waals surface area contributed by atoms with E-state index in [0.717, 1.165) is 29.1 Å². The van der Waals surface area contributed by atoms with Gasteiger partial charge in [-0.1, -0.05) is 12.1 Å². The van der Waals surface area contributed by atoms with Crippen molar-refractivity contribution >= 4 is 27.3 Å². The highest BCUT2D eigenvalue weighted by molar-refractivity contribution is 7.89. The minimum atomic E-state index is -4.30. The topological polar surface area (TPSA) is 92.1 Å². The first-order chi connectivity index (χ1) is 15.9. The number of halogens is 1. The molecule has 1 fully saturated rings. The van der Waals surface area contributed by atoms with E-state index >= 15 is 0 Å². The normalized spacial score (nSPS) is 14.4. The average Bonchev–Trinajstić information content (AvgIpc) is 3.33. The number of hydrogen-bond acceptors (Lipinski definition) is 6. The third-order valence-corrected chi connectivity index (χ3v) is 7.04. The molecule has 174 valence electrons. The molecule has 3 aromatic rings. The van der Waals surface area contributed by atoms with Gasteiger partial charge in [-0.3, -0.25) is 4.79 Å². The highest BCUT2D eigenvalue weighted by Gasteiger charge is 2.30. The molecule has 1 amide bonds. The third-order valence-electron chi connectivity index (χ3n) is 5.21. The number of carbonyl (C=O) groups is 1. The lowest BCUT2D eigenvalue weighted by Gasteiger charge is -2.29. The summed E-state index contributed by atoms with van der Waals surface area (Å²) >= 11 is 0. The van der Waals surface area contributed by atoms with Crippen LogP contribution in [0.2, 0.25) is 0 Å². The number of furan rings is 1. The highest BCUT2D eigenvalue weighted by Crippen LogP contribution is 2.22. The van der Waals surface area contributed by atoms with Gasteiger partial charge in [0.15, 0.2) is 0 Å². The van der Waals surface area contributed by atoms with Crippen molar-refractivity contribution in [1.29, 1.82) is 0 Å². The SMILES string of the molecule is O=C(CN(Cc1ccco1)S(=O)(=O)c1ccccc1F)Nc1ccc(N2CCOCC2)cc1. The molecule has 0 spiro atoms. The van der Waals surface area contributed by atoms with Crippen molar-refractivity contribution in [1.82, 2.24) is 4.31 Å². The summed E-state index contributed by atoms with van der Waals surface area (Å²) < 4.78 is 52.0. The van der Waals surface area contributed by atoms with Crippen LogP contribution in [0.4, 0.5) is 15.8 Å². The van der Waals surface area contributed by atoms with Crippen LogP contribution in [0, 0.1) is 5.82 Å². The molecule has 2 aromatic carbocycles. The zero-order valence-electron chi connectivity index (χ0n) is 17.8. The van der Waals surface area contributed by atoms with Crippen LogP contribution in [-0.2, 0) is 26.1 Å². The number of anilines is 2. The number of sulfonamides is 1. The van der Waals surface area contributed by atoms with Gasteiger partial charge in [-0.05, 0) is 48.5 Å². The minimum Gasteiger partial charge on any atom is -0.468 e. The van der Waals surface area contributed by atoms with Gasteiger partial charge in [0, 0.05) is 24.5 Å². The monoisotopic (exact) mass is 473 g/mol. The van der Waals surface area contributed by atoms with Crippen LogP contribution in [-0.4, -0.2) is 51.5 Å². The van der Waals surface area contributed by atoms with E-state index in [1.807, 2.05) is 12.1 Å². The molecule has 1 aliphatic heterocycles. The van der Waals surface area contributed by atoms with Gasteiger partial charge in [-0.25, -0.2) is 12.8 Å². The number of morpholine rings is 1.